The molecule has 0 unspecified atom stereocenters. The Bertz CT molecular complexity index is 607. The van der Waals surface area contributed by atoms with E-state index in [0.29, 0.717) is 19.0 Å². The molecule has 2 rings (SSSR count). The van der Waals surface area contributed by atoms with E-state index in [1.165, 1.54) is 0 Å². The molecule has 1 N–H and O–H groups in total. The van der Waals surface area contributed by atoms with Crippen molar-refractivity contribution in [1.29, 1.82) is 0 Å². The van der Waals surface area contributed by atoms with Gasteiger partial charge in [0.1, 0.15) is 4.90 Å². The van der Waals surface area contributed by atoms with Gasteiger partial charge in [-0.05, 0) is 38.1 Å². The number of sulfonamides is 1. The van der Waals surface area contributed by atoms with E-state index in [4.69, 9.17) is 0 Å². The molecule has 0 aliphatic carbocycles. The zero-order valence-electron chi connectivity index (χ0n) is 10.9. The van der Waals surface area contributed by atoms with Crippen LogP contribution >= 0.6 is 0 Å². The second-order valence-corrected chi connectivity index (χ2v) is 6.66. The Morgan fingerprint density at radius 2 is 2.00 bits per heavy atom. The summed E-state index contributed by atoms with van der Waals surface area (Å²) in [5, 5.41) is 2.94. The first-order chi connectivity index (χ1) is 9.37. The van der Waals surface area contributed by atoms with Gasteiger partial charge in [-0.2, -0.15) is 4.31 Å². The summed E-state index contributed by atoms with van der Waals surface area (Å²) in [4.78, 5) is -0.818. The molecule has 0 saturated carbocycles. The molecule has 1 fully saturated rings. The third-order valence-corrected chi connectivity index (χ3v) is 5.24. The summed E-state index contributed by atoms with van der Waals surface area (Å²) in [7, 11) is -2.38. The number of hydrogen-bond donors (Lipinski definition) is 1. The van der Waals surface area contributed by atoms with Crippen molar-refractivity contribution < 1.29 is 21.6 Å². The minimum Gasteiger partial charge on any atom is -0.319 e. The third-order valence-electron chi connectivity index (χ3n) is 3.36. The molecule has 0 bridgehead atoms. The lowest BCUT2D eigenvalue weighted by Crippen LogP contribution is -2.31. The smallest absolute Gasteiger partial charge is 0.246 e. The van der Waals surface area contributed by atoms with Crippen molar-refractivity contribution in [1.82, 2.24) is 9.62 Å². The number of rotatable bonds is 4. The van der Waals surface area contributed by atoms with E-state index in [9.17, 15) is 21.6 Å². The average molecular weight is 308 g/mol. The highest BCUT2D eigenvalue weighted by molar-refractivity contribution is 7.89. The number of hydrogen-bond acceptors (Lipinski definition) is 3. The lowest BCUT2D eigenvalue weighted by atomic mass is 10.1. The molecule has 112 valence electrons. The van der Waals surface area contributed by atoms with Crippen LogP contribution in [0.5, 0.6) is 0 Å². The summed E-state index contributed by atoms with van der Waals surface area (Å²) in [5.41, 5.74) is 0. The molecule has 1 atom stereocenters. The molecule has 0 amide bonds. The van der Waals surface area contributed by atoms with Crippen LogP contribution in [-0.4, -0.2) is 39.4 Å². The number of benzene rings is 1. The normalized spacial score (nSPS) is 20.5. The predicted molar refractivity (Wildman–Crippen MR) is 67.1 cm³/mol. The fourth-order valence-corrected chi connectivity index (χ4v) is 3.90. The van der Waals surface area contributed by atoms with Crippen LogP contribution in [0.3, 0.4) is 0 Å². The molecule has 1 aliphatic heterocycles. The molecular weight excluding hydrogens is 293 g/mol. The van der Waals surface area contributed by atoms with Crippen molar-refractivity contribution in [2.75, 3.05) is 26.7 Å². The van der Waals surface area contributed by atoms with Crippen LogP contribution in [0.2, 0.25) is 0 Å². The van der Waals surface area contributed by atoms with Crippen molar-refractivity contribution in [3.05, 3.63) is 29.6 Å². The molecule has 1 aliphatic rings. The molecule has 1 aromatic rings. The van der Waals surface area contributed by atoms with Crippen molar-refractivity contribution in [2.45, 2.75) is 11.3 Å². The van der Waals surface area contributed by atoms with Gasteiger partial charge in [0.05, 0.1) is 0 Å². The lowest BCUT2D eigenvalue weighted by molar-refractivity contribution is 0.419. The van der Waals surface area contributed by atoms with Crippen molar-refractivity contribution in [3.63, 3.8) is 0 Å². The van der Waals surface area contributed by atoms with Crippen LogP contribution in [0.4, 0.5) is 13.2 Å². The molecule has 1 heterocycles. The van der Waals surface area contributed by atoms with Gasteiger partial charge in [-0.3, -0.25) is 0 Å². The minimum absolute atomic E-state index is 0.128. The molecule has 4 nitrogen and oxygen atoms in total. The van der Waals surface area contributed by atoms with E-state index < -0.39 is 32.4 Å². The van der Waals surface area contributed by atoms with E-state index in [0.717, 1.165) is 10.4 Å². The van der Waals surface area contributed by atoms with E-state index in [2.05, 4.69) is 5.32 Å². The highest BCUT2D eigenvalue weighted by atomic mass is 32.2. The van der Waals surface area contributed by atoms with Crippen LogP contribution < -0.4 is 5.32 Å². The Morgan fingerprint density at radius 3 is 2.65 bits per heavy atom. The van der Waals surface area contributed by atoms with Crippen molar-refractivity contribution in [3.8, 4) is 0 Å². The minimum atomic E-state index is -4.14. The molecule has 1 saturated heterocycles. The summed E-state index contributed by atoms with van der Waals surface area (Å²) in [6.45, 7) is 1.13. The molecule has 8 heteroatoms. The van der Waals surface area contributed by atoms with E-state index >= 15 is 0 Å². The maximum absolute atomic E-state index is 13.6. The van der Waals surface area contributed by atoms with Crippen LogP contribution in [0.1, 0.15) is 6.42 Å². The van der Waals surface area contributed by atoms with Crippen LogP contribution in [0.15, 0.2) is 17.0 Å². The first kappa shape index (κ1) is 15.3. The van der Waals surface area contributed by atoms with Gasteiger partial charge in [-0.1, -0.05) is 0 Å². The summed E-state index contributed by atoms with van der Waals surface area (Å²) in [6, 6.07) is 1.38. The van der Waals surface area contributed by atoms with Gasteiger partial charge in [-0.25, -0.2) is 21.6 Å². The van der Waals surface area contributed by atoms with E-state index in [1.807, 2.05) is 0 Å². The van der Waals surface area contributed by atoms with Crippen LogP contribution in [-0.2, 0) is 10.0 Å². The van der Waals surface area contributed by atoms with Gasteiger partial charge in [0, 0.05) is 13.1 Å². The molecule has 1 aromatic carbocycles. The first-order valence-corrected chi connectivity index (χ1v) is 7.60. The highest BCUT2D eigenvalue weighted by Crippen LogP contribution is 2.27. The first-order valence-electron chi connectivity index (χ1n) is 6.16. The van der Waals surface area contributed by atoms with Crippen LogP contribution in [0.25, 0.3) is 0 Å². The fraction of sp³-hybridized carbons (Fsp3) is 0.500. The molecule has 20 heavy (non-hydrogen) atoms. The number of nitrogens with one attached hydrogen (secondary N) is 1. The molecule has 0 radical (unpaired) electrons. The highest BCUT2D eigenvalue weighted by Gasteiger charge is 2.35. The molecule has 0 aromatic heterocycles. The standard InChI is InChI=1S/C12H15F3N2O2S/c1-16-6-8-4-5-17(7-8)20(18,19)10-3-2-9(13)11(14)12(10)15/h2-3,8,16H,4-7H2,1H3/t8-/m1/s1. The van der Waals surface area contributed by atoms with Crippen LogP contribution in [0, 0.1) is 23.4 Å². The Kier molecular flexibility index (Phi) is 4.36. The Morgan fingerprint density at radius 1 is 1.30 bits per heavy atom. The van der Waals surface area contributed by atoms with Gasteiger partial charge in [0.25, 0.3) is 0 Å². The van der Waals surface area contributed by atoms with Gasteiger partial charge in [0.15, 0.2) is 17.5 Å². The summed E-state index contributed by atoms with van der Waals surface area (Å²) in [5.74, 6) is -4.71. The maximum Gasteiger partial charge on any atom is 0.246 e. The fourth-order valence-electron chi connectivity index (χ4n) is 2.32. The second-order valence-electron chi connectivity index (χ2n) is 4.75. The Hall–Kier alpha value is -1.12. The largest absolute Gasteiger partial charge is 0.319 e. The third kappa shape index (κ3) is 2.68. The second kappa shape index (κ2) is 5.71. The quantitative estimate of drug-likeness (QED) is 0.854. The summed E-state index contributed by atoms with van der Waals surface area (Å²) < 4.78 is 65.2. The Labute approximate surface area is 115 Å². The lowest BCUT2D eigenvalue weighted by Gasteiger charge is -2.17. The van der Waals surface area contributed by atoms with Gasteiger partial charge >= 0.3 is 0 Å². The number of halogens is 3. The number of nitrogens with zero attached hydrogens (tertiary/aromatic N) is 1. The van der Waals surface area contributed by atoms with Gasteiger partial charge < -0.3 is 5.32 Å². The Balaban J connectivity index is 2.30. The van der Waals surface area contributed by atoms with E-state index in [-0.39, 0.29) is 19.0 Å². The van der Waals surface area contributed by atoms with Crippen molar-refractivity contribution >= 4 is 10.0 Å². The predicted octanol–water partition coefficient (Wildman–Crippen LogP) is 1.33. The topological polar surface area (TPSA) is 49.4 Å². The van der Waals surface area contributed by atoms with E-state index in [1.54, 1.807) is 7.05 Å². The molecule has 0 spiro atoms. The monoisotopic (exact) mass is 308 g/mol. The maximum atomic E-state index is 13.6. The summed E-state index contributed by atoms with van der Waals surface area (Å²) >= 11 is 0. The summed E-state index contributed by atoms with van der Waals surface area (Å²) in [6.07, 6.45) is 0.644. The average Bonchev–Trinajstić information content (AvgIpc) is 2.85. The zero-order chi connectivity index (χ0) is 14.9. The van der Waals surface area contributed by atoms with Crippen molar-refractivity contribution in [2.24, 2.45) is 5.92 Å². The van der Waals surface area contributed by atoms with Gasteiger partial charge in [-0.15, -0.1) is 0 Å². The van der Waals surface area contributed by atoms with Gasteiger partial charge in [0.2, 0.25) is 10.0 Å². The SMILES string of the molecule is CNC[C@H]1CCN(S(=O)(=O)c2ccc(F)c(F)c2F)C1. The molecular formula is C12H15F3N2O2S. The zero-order valence-corrected chi connectivity index (χ0v) is 11.7.